The predicted octanol–water partition coefficient (Wildman–Crippen LogP) is 6.38. The second-order valence-electron chi connectivity index (χ2n) is 8.22. The Balaban J connectivity index is 1.51. The van der Waals surface area contributed by atoms with Crippen molar-refractivity contribution in [1.29, 1.82) is 0 Å². The molecule has 5 rings (SSSR count). The molecule has 0 spiro atoms. The number of anilines is 2. The van der Waals surface area contributed by atoms with Crippen LogP contribution >= 0.6 is 15.9 Å². The molecule has 0 bridgehead atoms. The van der Waals surface area contributed by atoms with Crippen molar-refractivity contribution in [3.8, 4) is 0 Å². The number of nitrogens with one attached hydrogen (secondary N) is 2. The van der Waals surface area contributed by atoms with Crippen molar-refractivity contribution >= 4 is 37.3 Å². The molecule has 0 unspecified atom stereocenters. The molecular formula is C25H23BrN2O2S. The van der Waals surface area contributed by atoms with E-state index in [-0.39, 0.29) is 16.9 Å². The smallest absolute Gasteiger partial charge is 0.261 e. The van der Waals surface area contributed by atoms with Gasteiger partial charge in [0.15, 0.2) is 0 Å². The van der Waals surface area contributed by atoms with E-state index in [1.807, 2.05) is 43.3 Å². The van der Waals surface area contributed by atoms with Crippen molar-refractivity contribution in [3.63, 3.8) is 0 Å². The normalized spacial score (nSPS) is 21.8. The van der Waals surface area contributed by atoms with E-state index in [9.17, 15) is 8.42 Å². The monoisotopic (exact) mass is 494 g/mol. The average molecular weight is 495 g/mol. The number of allylic oxidation sites excluding steroid dienone is 2. The van der Waals surface area contributed by atoms with Gasteiger partial charge in [0.2, 0.25) is 0 Å². The lowest BCUT2D eigenvalue weighted by Gasteiger charge is -2.38. The molecule has 3 atom stereocenters. The Morgan fingerprint density at radius 3 is 2.65 bits per heavy atom. The zero-order chi connectivity index (χ0) is 21.6. The molecule has 3 aromatic carbocycles. The fraction of sp³-hybridized carbons (Fsp3) is 0.200. The van der Waals surface area contributed by atoms with Gasteiger partial charge < -0.3 is 5.32 Å². The van der Waals surface area contributed by atoms with E-state index in [1.54, 1.807) is 12.1 Å². The molecule has 0 saturated heterocycles. The van der Waals surface area contributed by atoms with Crippen LogP contribution in [0.5, 0.6) is 0 Å². The molecule has 0 aromatic heterocycles. The Hall–Kier alpha value is -2.57. The van der Waals surface area contributed by atoms with E-state index in [2.05, 4.69) is 56.3 Å². The summed E-state index contributed by atoms with van der Waals surface area (Å²) >= 11 is 3.70. The molecule has 0 saturated carbocycles. The maximum atomic E-state index is 13.1. The average Bonchev–Trinajstić information content (AvgIpc) is 3.23. The van der Waals surface area contributed by atoms with Gasteiger partial charge in [-0.05, 0) is 72.4 Å². The highest BCUT2D eigenvalue weighted by atomic mass is 79.9. The van der Waals surface area contributed by atoms with Crippen LogP contribution < -0.4 is 10.0 Å². The molecule has 1 aliphatic heterocycles. The van der Waals surface area contributed by atoms with Crippen LogP contribution in [0.1, 0.15) is 35.1 Å². The summed E-state index contributed by atoms with van der Waals surface area (Å²) in [5.74, 6) is 0.524. The van der Waals surface area contributed by atoms with Crippen LogP contribution in [0.2, 0.25) is 0 Å². The largest absolute Gasteiger partial charge is 0.378 e. The molecule has 2 aliphatic rings. The highest BCUT2D eigenvalue weighted by Gasteiger charge is 2.39. The van der Waals surface area contributed by atoms with Crippen LogP contribution in [0.25, 0.3) is 0 Å². The van der Waals surface area contributed by atoms with Crippen LogP contribution in [0.4, 0.5) is 11.4 Å². The standard InChI is InChI=1S/C25H23BrN2O2S/c1-16-6-4-7-17(14-16)28-31(29,30)18-12-13-24-22(15-18)19-9-5-10-20(19)25(27-24)21-8-2-3-11-23(21)26/h2-9,11-15,19-20,25,27-28H,10H2,1H3/t19-,20+,25-/m0/s1. The van der Waals surface area contributed by atoms with Crippen molar-refractivity contribution in [2.45, 2.75) is 30.2 Å². The van der Waals surface area contributed by atoms with E-state index >= 15 is 0 Å². The lowest BCUT2D eigenvalue weighted by atomic mass is 9.77. The van der Waals surface area contributed by atoms with E-state index in [4.69, 9.17) is 0 Å². The third kappa shape index (κ3) is 3.79. The Bertz CT molecular complexity index is 1290. The van der Waals surface area contributed by atoms with Gasteiger partial charge >= 0.3 is 0 Å². The molecule has 6 heteroatoms. The van der Waals surface area contributed by atoms with Gasteiger partial charge in [0.25, 0.3) is 10.0 Å². The van der Waals surface area contributed by atoms with Crippen molar-refractivity contribution in [1.82, 2.24) is 0 Å². The van der Waals surface area contributed by atoms with E-state index in [0.717, 1.165) is 27.7 Å². The van der Waals surface area contributed by atoms with Crippen LogP contribution in [0, 0.1) is 12.8 Å². The number of hydrogen-bond donors (Lipinski definition) is 2. The summed E-state index contributed by atoms with van der Waals surface area (Å²) < 4.78 is 29.9. The number of sulfonamides is 1. The lowest BCUT2D eigenvalue weighted by Crippen LogP contribution is -2.29. The molecule has 2 N–H and O–H groups in total. The van der Waals surface area contributed by atoms with Gasteiger partial charge in [0.1, 0.15) is 0 Å². The Kier molecular flexibility index (Phi) is 5.15. The number of hydrogen-bond acceptors (Lipinski definition) is 3. The molecule has 4 nitrogen and oxygen atoms in total. The molecule has 0 amide bonds. The minimum Gasteiger partial charge on any atom is -0.378 e. The predicted molar refractivity (Wildman–Crippen MR) is 129 cm³/mol. The van der Waals surface area contributed by atoms with Crippen molar-refractivity contribution in [2.24, 2.45) is 5.92 Å². The number of rotatable bonds is 4. The third-order valence-electron chi connectivity index (χ3n) is 6.16. The second-order valence-corrected chi connectivity index (χ2v) is 10.8. The summed E-state index contributed by atoms with van der Waals surface area (Å²) in [7, 11) is -3.67. The van der Waals surface area contributed by atoms with Gasteiger partial charge in [-0.25, -0.2) is 8.42 Å². The van der Waals surface area contributed by atoms with E-state index in [1.165, 1.54) is 5.56 Å². The Morgan fingerprint density at radius 1 is 1.00 bits per heavy atom. The first-order chi connectivity index (χ1) is 14.9. The minimum atomic E-state index is -3.67. The van der Waals surface area contributed by atoms with E-state index in [0.29, 0.717) is 11.6 Å². The maximum Gasteiger partial charge on any atom is 0.261 e. The molecule has 158 valence electrons. The quantitative estimate of drug-likeness (QED) is 0.413. The van der Waals surface area contributed by atoms with Crippen LogP contribution in [0.15, 0.2) is 88.3 Å². The summed E-state index contributed by atoms with van der Waals surface area (Å²) in [4.78, 5) is 0.285. The summed E-state index contributed by atoms with van der Waals surface area (Å²) in [6.45, 7) is 1.94. The zero-order valence-corrected chi connectivity index (χ0v) is 19.4. The van der Waals surface area contributed by atoms with Gasteiger partial charge in [-0.1, -0.05) is 58.4 Å². The molecule has 0 radical (unpaired) electrons. The summed E-state index contributed by atoms with van der Waals surface area (Å²) in [5, 5.41) is 3.68. The fourth-order valence-electron chi connectivity index (χ4n) is 4.70. The van der Waals surface area contributed by atoms with Crippen molar-refractivity contribution in [3.05, 3.63) is 100 Å². The number of aryl methyl sites for hydroxylation is 1. The summed E-state index contributed by atoms with van der Waals surface area (Å²) in [5.41, 5.74) is 4.83. The SMILES string of the molecule is Cc1cccc(NS(=O)(=O)c2ccc3c(c2)[C@H]2C=CC[C@H]2[C@@H](c2ccccc2Br)N3)c1. The van der Waals surface area contributed by atoms with Crippen LogP contribution in [0.3, 0.4) is 0 Å². The summed E-state index contributed by atoms with van der Waals surface area (Å²) in [6.07, 6.45) is 5.39. The first-order valence-corrected chi connectivity index (χ1v) is 12.6. The maximum absolute atomic E-state index is 13.1. The summed E-state index contributed by atoms with van der Waals surface area (Å²) in [6, 6.07) is 21.2. The van der Waals surface area contributed by atoms with Gasteiger partial charge in [-0.2, -0.15) is 0 Å². The topological polar surface area (TPSA) is 58.2 Å². The molecule has 31 heavy (non-hydrogen) atoms. The van der Waals surface area contributed by atoms with E-state index < -0.39 is 10.0 Å². The van der Waals surface area contributed by atoms with Gasteiger partial charge in [-0.15, -0.1) is 0 Å². The van der Waals surface area contributed by atoms with Crippen LogP contribution in [-0.2, 0) is 10.0 Å². The molecule has 1 aliphatic carbocycles. The lowest BCUT2D eigenvalue weighted by molar-refractivity contribution is 0.424. The number of benzene rings is 3. The van der Waals surface area contributed by atoms with Crippen LogP contribution in [-0.4, -0.2) is 8.42 Å². The second kappa shape index (κ2) is 7.84. The highest BCUT2D eigenvalue weighted by Crippen LogP contribution is 2.51. The van der Waals surface area contributed by atoms with Gasteiger partial charge in [-0.3, -0.25) is 4.72 Å². The zero-order valence-electron chi connectivity index (χ0n) is 17.0. The van der Waals surface area contributed by atoms with Gasteiger partial charge in [0.05, 0.1) is 10.9 Å². The Labute approximate surface area is 191 Å². The van der Waals surface area contributed by atoms with Crippen molar-refractivity contribution < 1.29 is 8.42 Å². The molecular weight excluding hydrogens is 472 g/mol. The highest BCUT2D eigenvalue weighted by molar-refractivity contribution is 9.10. The molecule has 3 aromatic rings. The first-order valence-electron chi connectivity index (χ1n) is 10.3. The molecule has 0 fully saturated rings. The number of halogens is 1. The molecule has 1 heterocycles. The first kappa shape index (κ1) is 20.3. The third-order valence-corrected chi connectivity index (χ3v) is 8.26. The fourth-order valence-corrected chi connectivity index (χ4v) is 6.31. The Morgan fingerprint density at radius 2 is 1.84 bits per heavy atom. The number of fused-ring (bicyclic) bond motifs is 3. The van der Waals surface area contributed by atoms with Gasteiger partial charge in [0, 0.05) is 21.8 Å². The van der Waals surface area contributed by atoms with Crippen molar-refractivity contribution in [2.75, 3.05) is 10.0 Å². The minimum absolute atomic E-state index is 0.163.